The monoisotopic (exact) mass is 460 g/mol. The first-order chi connectivity index (χ1) is 10.3. The third-order valence-corrected chi connectivity index (χ3v) is 4.25. The van der Waals surface area contributed by atoms with Crippen molar-refractivity contribution in [2.24, 2.45) is 23.7 Å². The molecule has 0 N–H and O–H groups in total. The second kappa shape index (κ2) is 14.5. The van der Waals surface area contributed by atoms with Gasteiger partial charge in [0.05, 0.1) is 0 Å². The van der Waals surface area contributed by atoms with Crippen LogP contribution in [0.5, 0.6) is 0 Å². The molecule has 3 heteroatoms. The minimum Gasteiger partial charge on any atom is -0.269 e. The first kappa shape index (κ1) is 30.2. The van der Waals surface area contributed by atoms with Crippen LogP contribution in [-0.4, -0.2) is 0 Å². The first-order valence-corrected chi connectivity index (χ1v) is 8.87. The van der Waals surface area contributed by atoms with Gasteiger partial charge in [-0.1, -0.05) is 79.1 Å². The van der Waals surface area contributed by atoms with Crippen molar-refractivity contribution in [3.8, 4) is 0 Å². The molecule has 0 saturated heterocycles. The standard InChI is InChI=1S/2C11H17.2ClH.Zr/c2*1-8(2)10-6-5-7-11(10)9(3)4;;;/h2*6,8-9H,5H2,1-4H3;2*1H;/q2*-1;;;+2. The normalized spacial score (nSPS) is 15.5. The molecule has 2 aliphatic carbocycles. The van der Waals surface area contributed by atoms with Gasteiger partial charge in [0, 0.05) is 0 Å². The molecule has 142 valence electrons. The molecule has 0 spiro atoms. The van der Waals surface area contributed by atoms with Gasteiger partial charge in [-0.2, -0.15) is 23.3 Å². The van der Waals surface area contributed by atoms with Crippen molar-refractivity contribution in [3.63, 3.8) is 0 Å². The molecule has 0 bridgehead atoms. The first-order valence-electron chi connectivity index (χ1n) is 8.87. The van der Waals surface area contributed by atoms with Gasteiger partial charge in [-0.15, -0.1) is 37.7 Å². The molecular formula is C22H36Cl2Zr. The summed E-state index contributed by atoms with van der Waals surface area (Å²) in [6.07, 6.45) is 13.5. The van der Waals surface area contributed by atoms with Crippen LogP contribution < -0.4 is 0 Å². The molecule has 0 unspecified atom stereocenters. The second-order valence-electron chi connectivity index (χ2n) is 7.53. The van der Waals surface area contributed by atoms with E-state index < -0.39 is 0 Å². The number of allylic oxidation sites excluding steroid dienone is 8. The second-order valence-corrected chi connectivity index (χ2v) is 7.53. The fourth-order valence-electron chi connectivity index (χ4n) is 3.13. The van der Waals surface area contributed by atoms with E-state index in [2.05, 4.69) is 79.7 Å². The molecule has 0 radical (unpaired) electrons. The molecule has 0 saturated carbocycles. The summed E-state index contributed by atoms with van der Waals surface area (Å²) in [7, 11) is 0. The van der Waals surface area contributed by atoms with Crippen molar-refractivity contribution in [3.05, 3.63) is 46.6 Å². The average molecular weight is 463 g/mol. The minimum absolute atomic E-state index is 0. The molecule has 0 nitrogen and oxygen atoms in total. The van der Waals surface area contributed by atoms with E-state index in [-0.39, 0.29) is 51.0 Å². The van der Waals surface area contributed by atoms with Crippen LogP contribution in [0.3, 0.4) is 0 Å². The van der Waals surface area contributed by atoms with Gasteiger partial charge >= 0.3 is 26.2 Å². The van der Waals surface area contributed by atoms with Crippen molar-refractivity contribution in [2.45, 2.75) is 68.2 Å². The summed E-state index contributed by atoms with van der Waals surface area (Å²) < 4.78 is 0. The number of rotatable bonds is 4. The van der Waals surface area contributed by atoms with E-state index in [0.717, 1.165) is 12.8 Å². The van der Waals surface area contributed by atoms with Crippen LogP contribution in [0.25, 0.3) is 0 Å². The van der Waals surface area contributed by atoms with Crippen molar-refractivity contribution in [1.82, 2.24) is 0 Å². The van der Waals surface area contributed by atoms with Crippen LogP contribution in [0.1, 0.15) is 68.2 Å². The number of halogens is 2. The Morgan fingerprint density at radius 1 is 0.600 bits per heavy atom. The van der Waals surface area contributed by atoms with E-state index in [0.29, 0.717) is 23.7 Å². The van der Waals surface area contributed by atoms with Gasteiger partial charge in [-0.05, 0) is 0 Å². The van der Waals surface area contributed by atoms with Crippen molar-refractivity contribution >= 4 is 24.8 Å². The van der Waals surface area contributed by atoms with E-state index >= 15 is 0 Å². The Morgan fingerprint density at radius 2 is 0.880 bits per heavy atom. The SMILES string of the molecule is CC(C)C1=[C-]CC=C1C(C)C.CC(C)C1=[C-]CC=C1C(C)C.Cl.Cl.[Zr+2]. The predicted octanol–water partition coefficient (Wildman–Crippen LogP) is 7.56. The minimum atomic E-state index is 0. The molecule has 0 atom stereocenters. The van der Waals surface area contributed by atoms with Gasteiger partial charge in [0.2, 0.25) is 0 Å². The van der Waals surface area contributed by atoms with Crippen LogP contribution in [-0.2, 0) is 26.2 Å². The summed E-state index contributed by atoms with van der Waals surface area (Å²) in [6, 6.07) is 0. The molecule has 0 amide bonds. The third kappa shape index (κ3) is 9.26. The van der Waals surface area contributed by atoms with E-state index in [4.69, 9.17) is 0 Å². The van der Waals surface area contributed by atoms with Crippen LogP contribution in [0.2, 0.25) is 0 Å². The average Bonchev–Trinajstić information content (AvgIpc) is 3.08. The zero-order valence-electron chi connectivity index (χ0n) is 17.2. The van der Waals surface area contributed by atoms with E-state index in [1.54, 1.807) is 0 Å². The Bertz CT molecular complexity index is 402. The summed E-state index contributed by atoms with van der Waals surface area (Å²) in [4.78, 5) is 0. The molecule has 0 fully saturated rings. The molecule has 0 aromatic rings. The fraction of sp³-hybridized carbons (Fsp3) is 0.636. The Morgan fingerprint density at radius 3 is 1.04 bits per heavy atom. The van der Waals surface area contributed by atoms with Crippen LogP contribution in [0, 0.1) is 35.8 Å². The Labute approximate surface area is 188 Å². The summed E-state index contributed by atoms with van der Waals surface area (Å²) in [5.74, 6) is 2.63. The van der Waals surface area contributed by atoms with Gasteiger partial charge in [-0.3, -0.25) is 12.2 Å². The van der Waals surface area contributed by atoms with Gasteiger partial charge < -0.3 is 0 Å². The van der Waals surface area contributed by atoms with Crippen LogP contribution >= 0.6 is 24.8 Å². The Hall–Kier alpha value is 0.423. The fourth-order valence-corrected chi connectivity index (χ4v) is 3.13. The van der Waals surface area contributed by atoms with E-state index in [1.807, 2.05) is 0 Å². The number of hydrogen-bond donors (Lipinski definition) is 0. The summed E-state index contributed by atoms with van der Waals surface area (Å²) in [6.45, 7) is 18.0. The van der Waals surface area contributed by atoms with E-state index in [1.165, 1.54) is 22.3 Å². The zero-order valence-corrected chi connectivity index (χ0v) is 21.3. The third-order valence-electron chi connectivity index (χ3n) is 4.25. The molecule has 25 heavy (non-hydrogen) atoms. The molecule has 2 rings (SSSR count). The number of hydrogen-bond acceptors (Lipinski definition) is 0. The quantitative estimate of drug-likeness (QED) is 0.378. The zero-order chi connectivity index (χ0) is 16.9. The molecular weight excluding hydrogens is 426 g/mol. The van der Waals surface area contributed by atoms with Crippen molar-refractivity contribution in [2.75, 3.05) is 0 Å². The smallest absolute Gasteiger partial charge is 0.269 e. The maximum atomic E-state index is 3.41. The molecule has 2 aliphatic rings. The van der Waals surface area contributed by atoms with Crippen molar-refractivity contribution < 1.29 is 26.2 Å². The van der Waals surface area contributed by atoms with Gasteiger partial charge in [0.25, 0.3) is 0 Å². The molecule has 0 aromatic carbocycles. The Balaban J connectivity index is -0.000000346. The maximum absolute atomic E-state index is 3.41. The maximum Gasteiger partial charge on any atom is 2.00 e. The summed E-state index contributed by atoms with van der Waals surface area (Å²) >= 11 is 0. The van der Waals surface area contributed by atoms with Crippen LogP contribution in [0.15, 0.2) is 34.4 Å². The Kier molecular flexibility index (Phi) is 17.5. The van der Waals surface area contributed by atoms with E-state index in [9.17, 15) is 0 Å². The van der Waals surface area contributed by atoms with Gasteiger partial charge in [0.1, 0.15) is 0 Å². The largest absolute Gasteiger partial charge is 2.00 e. The van der Waals surface area contributed by atoms with Crippen LogP contribution in [0.4, 0.5) is 0 Å². The van der Waals surface area contributed by atoms with Gasteiger partial charge in [-0.25, -0.2) is 11.1 Å². The predicted molar refractivity (Wildman–Crippen MR) is 113 cm³/mol. The molecule has 0 heterocycles. The topological polar surface area (TPSA) is 0 Å². The molecule has 0 aromatic heterocycles. The summed E-state index contributed by atoms with van der Waals surface area (Å²) in [5, 5.41) is 0. The molecule has 0 aliphatic heterocycles. The van der Waals surface area contributed by atoms with Crippen molar-refractivity contribution in [1.29, 1.82) is 0 Å². The summed E-state index contributed by atoms with van der Waals surface area (Å²) in [5.41, 5.74) is 5.92. The van der Waals surface area contributed by atoms with Gasteiger partial charge in [0.15, 0.2) is 0 Å².